The van der Waals surface area contributed by atoms with Crippen LogP contribution in [0.25, 0.3) is 0 Å². The zero-order valence-electron chi connectivity index (χ0n) is 11.0. The molecule has 0 aliphatic carbocycles. The molecule has 2 unspecified atom stereocenters. The Kier molecular flexibility index (Phi) is 3.49. The largest absolute Gasteiger partial charge is 0.367 e. The zero-order chi connectivity index (χ0) is 11.9. The Morgan fingerprint density at radius 3 is 1.80 bits per heavy atom. The van der Waals surface area contributed by atoms with E-state index >= 15 is 0 Å². The second-order valence-electron chi connectivity index (χ2n) is 6.13. The summed E-state index contributed by atoms with van der Waals surface area (Å²) < 4.78 is 6.04. The van der Waals surface area contributed by atoms with E-state index in [-0.39, 0.29) is 17.2 Å². The van der Waals surface area contributed by atoms with Gasteiger partial charge in [-0.25, -0.2) is 0 Å². The van der Waals surface area contributed by atoms with Crippen LogP contribution in [0.4, 0.5) is 0 Å². The average Bonchev–Trinajstić information content (AvgIpc) is 1.96. The van der Waals surface area contributed by atoms with Gasteiger partial charge in [-0.1, -0.05) is 0 Å². The molecule has 0 bridgehead atoms. The van der Waals surface area contributed by atoms with Crippen molar-refractivity contribution >= 4 is 0 Å². The van der Waals surface area contributed by atoms with Gasteiger partial charge >= 0.3 is 0 Å². The van der Waals surface area contributed by atoms with E-state index in [9.17, 15) is 0 Å². The number of ether oxygens (including phenoxy) is 1. The minimum Gasteiger partial charge on any atom is -0.367 e. The van der Waals surface area contributed by atoms with E-state index in [0.29, 0.717) is 6.04 Å². The maximum atomic E-state index is 6.04. The predicted molar refractivity (Wildman–Crippen MR) is 63.9 cm³/mol. The van der Waals surface area contributed by atoms with Crippen LogP contribution in [0.3, 0.4) is 0 Å². The van der Waals surface area contributed by atoms with Crippen molar-refractivity contribution in [2.45, 2.75) is 64.8 Å². The number of hydrogen-bond acceptors (Lipinski definition) is 3. The SMILES string of the molecule is CC(N)C(C)N1CC(C)(C)OC(C)(C)C1. The Morgan fingerprint density at radius 2 is 1.47 bits per heavy atom. The molecule has 0 amide bonds. The molecule has 3 heteroatoms. The van der Waals surface area contributed by atoms with Crippen LogP contribution < -0.4 is 5.73 Å². The highest BCUT2D eigenvalue weighted by molar-refractivity contribution is 4.92. The molecule has 1 aliphatic heterocycles. The van der Waals surface area contributed by atoms with Crippen molar-refractivity contribution in [3.63, 3.8) is 0 Å². The molecule has 0 radical (unpaired) electrons. The van der Waals surface area contributed by atoms with E-state index in [1.165, 1.54) is 0 Å². The number of nitrogens with two attached hydrogens (primary N) is 1. The van der Waals surface area contributed by atoms with Crippen molar-refractivity contribution in [1.29, 1.82) is 0 Å². The number of rotatable bonds is 2. The van der Waals surface area contributed by atoms with Crippen LogP contribution in [-0.2, 0) is 4.74 Å². The van der Waals surface area contributed by atoms with Crippen LogP contribution in [0.15, 0.2) is 0 Å². The molecule has 1 rings (SSSR count). The molecule has 15 heavy (non-hydrogen) atoms. The molecule has 0 aromatic rings. The molecule has 2 atom stereocenters. The maximum Gasteiger partial charge on any atom is 0.0760 e. The summed E-state index contributed by atoms with van der Waals surface area (Å²) in [6, 6.07) is 0.613. The Hall–Kier alpha value is -0.120. The third kappa shape index (κ3) is 3.44. The second kappa shape index (κ2) is 4.04. The van der Waals surface area contributed by atoms with Crippen molar-refractivity contribution in [1.82, 2.24) is 4.90 Å². The van der Waals surface area contributed by atoms with E-state index in [1.807, 2.05) is 0 Å². The molecule has 0 saturated carbocycles. The van der Waals surface area contributed by atoms with Crippen LogP contribution >= 0.6 is 0 Å². The Balaban J connectivity index is 2.75. The summed E-state index contributed by atoms with van der Waals surface area (Å²) >= 11 is 0. The fraction of sp³-hybridized carbons (Fsp3) is 1.00. The molecule has 1 saturated heterocycles. The minimum absolute atomic E-state index is 0.0785. The lowest BCUT2D eigenvalue weighted by molar-refractivity contribution is -0.187. The first kappa shape index (κ1) is 12.9. The highest BCUT2D eigenvalue weighted by Crippen LogP contribution is 2.29. The van der Waals surface area contributed by atoms with Gasteiger partial charge in [-0.3, -0.25) is 4.90 Å². The van der Waals surface area contributed by atoms with Gasteiger partial charge in [-0.2, -0.15) is 0 Å². The van der Waals surface area contributed by atoms with E-state index in [0.717, 1.165) is 13.1 Å². The third-order valence-corrected chi connectivity index (χ3v) is 3.06. The molecule has 0 aromatic heterocycles. The van der Waals surface area contributed by atoms with Gasteiger partial charge in [0.2, 0.25) is 0 Å². The van der Waals surface area contributed by atoms with Gasteiger partial charge in [0.1, 0.15) is 0 Å². The van der Waals surface area contributed by atoms with Crippen molar-refractivity contribution in [3.8, 4) is 0 Å². The number of hydrogen-bond donors (Lipinski definition) is 1. The van der Waals surface area contributed by atoms with Gasteiger partial charge in [0, 0.05) is 25.2 Å². The van der Waals surface area contributed by atoms with Crippen LogP contribution in [0.2, 0.25) is 0 Å². The summed E-state index contributed by atoms with van der Waals surface area (Å²) in [6.07, 6.45) is 0. The lowest BCUT2D eigenvalue weighted by Gasteiger charge is -2.49. The minimum atomic E-state index is -0.0785. The van der Waals surface area contributed by atoms with Crippen molar-refractivity contribution < 1.29 is 4.74 Å². The van der Waals surface area contributed by atoms with E-state index in [4.69, 9.17) is 10.5 Å². The summed E-state index contributed by atoms with van der Waals surface area (Å²) in [5, 5.41) is 0. The Morgan fingerprint density at radius 1 is 1.07 bits per heavy atom. The Labute approximate surface area is 94.0 Å². The number of nitrogens with zero attached hydrogens (tertiary/aromatic N) is 1. The van der Waals surface area contributed by atoms with Gasteiger partial charge < -0.3 is 10.5 Å². The van der Waals surface area contributed by atoms with Crippen molar-refractivity contribution in [2.24, 2.45) is 5.73 Å². The van der Waals surface area contributed by atoms with E-state index in [2.05, 4.69) is 46.4 Å². The molecular weight excluding hydrogens is 188 g/mol. The standard InChI is InChI=1S/C12H26N2O/c1-9(13)10(2)14-7-11(3,4)15-12(5,6)8-14/h9-10H,7-8,13H2,1-6H3. The molecular formula is C12H26N2O. The molecule has 0 spiro atoms. The smallest absolute Gasteiger partial charge is 0.0760 e. The first-order valence-electron chi connectivity index (χ1n) is 5.83. The normalized spacial score (nSPS) is 29.8. The van der Waals surface area contributed by atoms with Crippen LogP contribution in [0, 0.1) is 0 Å². The lowest BCUT2D eigenvalue weighted by atomic mass is 9.96. The van der Waals surface area contributed by atoms with Crippen molar-refractivity contribution in [3.05, 3.63) is 0 Å². The molecule has 0 aromatic carbocycles. The fourth-order valence-corrected chi connectivity index (χ4v) is 2.47. The molecule has 3 nitrogen and oxygen atoms in total. The third-order valence-electron chi connectivity index (χ3n) is 3.06. The number of morpholine rings is 1. The van der Waals surface area contributed by atoms with Crippen LogP contribution in [0.5, 0.6) is 0 Å². The van der Waals surface area contributed by atoms with E-state index < -0.39 is 0 Å². The van der Waals surface area contributed by atoms with Gasteiger partial charge in [0.05, 0.1) is 11.2 Å². The topological polar surface area (TPSA) is 38.5 Å². The first-order valence-corrected chi connectivity index (χ1v) is 5.83. The fourth-order valence-electron chi connectivity index (χ4n) is 2.47. The summed E-state index contributed by atoms with van der Waals surface area (Å²) in [5.74, 6) is 0. The second-order valence-corrected chi connectivity index (χ2v) is 6.13. The quantitative estimate of drug-likeness (QED) is 0.759. The summed E-state index contributed by atoms with van der Waals surface area (Å²) in [5.41, 5.74) is 5.80. The molecule has 90 valence electrons. The van der Waals surface area contributed by atoms with Gasteiger partial charge in [0.25, 0.3) is 0 Å². The molecule has 1 fully saturated rings. The highest BCUT2D eigenvalue weighted by atomic mass is 16.5. The summed E-state index contributed by atoms with van der Waals surface area (Å²) in [4.78, 5) is 2.44. The van der Waals surface area contributed by atoms with E-state index in [1.54, 1.807) is 0 Å². The average molecular weight is 214 g/mol. The lowest BCUT2D eigenvalue weighted by Crippen LogP contribution is -2.61. The van der Waals surface area contributed by atoms with Crippen molar-refractivity contribution in [2.75, 3.05) is 13.1 Å². The zero-order valence-corrected chi connectivity index (χ0v) is 11.0. The monoisotopic (exact) mass is 214 g/mol. The van der Waals surface area contributed by atoms with Gasteiger partial charge in [-0.15, -0.1) is 0 Å². The summed E-state index contributed by atoms with van der Waals surface area (Å²) in [7, 11) is 0. The molecule has 1 heterocycles. The van der Waals surface area contributed by atoms with Crippen LogP contribution in [-0.4, -0.2) is 41.3 Å². The molecule has 1 aliphatic rings. The Bertz CT molecular complexity index is 208. The molecule has 2 N–H and O–H groups in total. The maximum absolute atomic E-state index is 6.04. The first-order chi connectivity index (χ1) is 6.63. The highest BCUT2D eigenvalue weighted by Gasteiger charge is 2.39. The van der Waals surface area contributed by atoms with Gasteiger partial charge in [-0.05, 0) is 41.5 Å². The van der Waals surface area contributed by atoms with Gasteiger partial charge in [0.15, 0.2) is 0 Å². The van der Waals surface area contributed by atoms with Crippen LogP contribution in [0.1, 0.15) is 41.5 Å². The summed E-state index contributed by atoms with van der Waals surface area (Å²) in [6.45, 7) is 14.8. The predicted octanol–water partition coefficient (Wildman–Crippen LogP) is 1.61.